The van der Waals surface area contributed by atoms with E-state index in [2.05, 4.69) is 45.2 Å². The minimum atomic E-state index is -0.425. The average Bonchev–Trinajstić information content (AvgIpc) is 2.81. The molecule has 0 aliphatic rings. The zero-order chi connectivity index (χ0) is 21.4. The van der Waals surface area contributed by atoms with Gasteiger partial charge in [-0.2, -0.15) is 0 Å². The number of hydrogen-bond donors (Lipinski definition) is 0. The number of esters is 1. The predicted octanol–water partition coefficient (Wildman–Crippen LogP) is 2.59. The Bertz CT molecular complexity index is 872. The topological polar surface area (TPSA) is 26.3 Å². The highest BCUT2D eigenvalue weighted by Crippen LogP contribution is 2.30. The first-order valence-electron chi connectivity index (χ1n) is 10.7. The molecule has 0 N–H and O–H groups in total. The molecule has 0 aliphatic heterocycles. The molecule has 0 saturated heterocycles. The molecule has 3 nitrogen and oxygen atoms in total. The van der Waals surface area contributed by atoms with E-state index in [0.717, 1.165) is 28.7 Å². The van der Waals surface area contributed by atoms with Crippen molar-refractivity contribution in [2.24, 2.45) is 0 Å². The summed E-state index contributed by atoms with van der Waals surface area (Å²) in [7, 11) is 2.23. The van der Waals surface area contributed by atoms with Gasteiger partial charge in [0, 0.05) is 5.56 Å². The normalized spacial score (nSPS) is 12.1. The molecule has 31 heavy (non-hydrogen) atoms. The van der Waals surface area contributed by atoms with E-state index in [1.807, 2.05) is 66.7 Å². The fourth-order valence-corrected chi connectivity index (χ4v) is 3.98. The number of nitrogens with zero attached hydrogens (tertiary/aromatic N) is 1. The summed E-state index contributed by atoms with van der Waals surface area (Å²) in [5, 5.41) is 0. The highest BCUT2D eigenvalue weighted by molar-refractivity contribution is 5.82. The van der Waals surface area contributed by atoms with Gasteiger partial charge in [0.15, 0.2) is 0 Å². The molecule has 0 heterocycles. The first-order chi connectivity index (χ1) is 14.6. The lowest BCUT2D eigenvalue weighted by Gasteiger charge is -2.40. The number of carbonyl (C=O) groups is 1. The van der Waals surface area contributed by atoms with Gasteiger partial charge in [-0.1, -0.05) is 91.0 Å². The van der Waals surface area contributed by atoms with Crippen molar-refractivity contribution in [1.29, 1.82) is 0 Å². The molecule has 0 bridgehead atoms. The molecule has 1 atom stereocenters. The maximum absolute atomic E-state index is 13.4. The molecule has 0 aliphatic carbocycles. The van der Waals surface area contributed by atoms with Crippen molar-refractivity contribution in [2.75, 3.05) is 26.7 Å². The standard InChI is InChI=1S/C27H32NO2.BrH/c1-4-28(3,5-2)25(22-15-9-6-10-16-22)21-30-27(29)26(23-17-11-7-12-18-23)24-19-13-8-14-20-24;/h6-20,25-26H,4-5,21H2,1-3H3;1H/q+1;/p-1. The second-order valence-electron chi connectivity index (χ2n) is 7.92. The van der Waals surface area contributed by atoms with E-state index in [-0.39, 0.29) is 29.0 Å². The van der Waals surface area contributed by atoms with Crippen molar-refractivity contribution in [3.63, 3.8) is 0 Å². The van der Waals surface area contributed by atoms with E-state index < -0.39 is 5.92 Å². The van der Waals surface area contributed by atoms with E-state index in [1.165, 1.54) is 5.56 Å². The Kier molecular flexibility index (Phi) is 9.47. The summed E-state index contributed by atoms with van der Waals surface area (Å²) in [5.41, 5.74) is 3.11. The third kappa shape index (κ3) is 6.05. The molecule has 3 aromatic rings. The minimum absolute atomic E-state index is 0. The summed E-state index contributed by atoms with van der Waals surface area (Å²) in [6.45, 7) is 6.68. The summed E-state index contributed by atoms with van der Waals surface area (Å²) in [6, 6.07) is 30.2. The molecular formula is C27H32BrNO2. The van der Waals surface area contributed by atoms with Crippen LogP contribution < -0.4 is 17.0 Å². The summed E-state index contributed by atoms with van der Waals surface area (Å²) < 4.78 is 6.84. The second-order valence-corrected chi connectivity index (χ2v) is 7.92. The fourth-order valence-electron chi connectivity index (χ4n) is 3.98. The third-order valence-electron chi connectivity index (χ3n) is 6.27. The minimum Gasteiger partial charge on any atom is -1.00 e. The van der Waals surface area contributed by atoms with Crippen LogP contribution in [0.25, 0.3) is 0 Å². The van der Waals surface area contributed by atoms with Crippen molar-refractivity contribution in [3.8, 4) is 0 Å². The highest BCUT2D eigenvalue weighted by atomic mass is 79.9. The van der Waals surface area contributed by atoms with Gasteiger partial charge in [0.25, 0.3) is 0 Å². The molecular weight excluding hydrogens is 450 g/mol. The van der Waals surface area contributed by atoms with Crippen LogP contribution in [-0.4, -0.2) is 37.2 Å². The molecule has 0 spiro atoms. The third-order valence-corrected chi connectivity index (χ3v) is 6.27. The SMILES string of the molecule is CC[N+](C)(CC)C(COC(=O)C(c1ccccc1)c1ccccc1)c1ccccc1.[Br-]. The summed E-state index contributed by atoms with van der Waals surface area (Å²) in [5.74, 6) is -0.627. The van der Waals surface area contributed by atoms with Gasteiger partial charge in [-0.05, 0) is 25.0 Å². The van der Waals surface area contributed by atoms with Crippen LogP contribution in [0.1, 0.15) is 42.5 Å². The van der Waals surface area contributed by atoms with Crippen LogP contribution in [0.5, 0.6) is 0 Å². The van der Waals surface area contributed by atoms with Gasteiger partial charge in [0.1, 0.15) is 18.6 Å². The van der Waals surface area contributed by atoms with Crippen molar-refractivity contribution in [2.45, 2.75) is 25.8 Å². The van der Waals surface area contributed by atoms with E-state index in [1.54, 1.807) is 0 Å². The summed E-state index contributed by atoms with van der Waals surface area (Å²) >= 11 is 0. The van der Waals surface area contributed by atoms with Gasteiger partial charge in [-0.25, -0.2) is 0 Å². The fraction of sp³-hybridized carbons (Fsp3) is 0.296. The maximum Gasteiger partial charge on any atom is 0.318 e. The van der Waals surface area contributed by atoms with Crippen LogP contribution in [-0.2, 0) is 9.53 Å². The lowest BCUT2D eigenvalue weighted by molar-refractivity contribution is -0.936. The Morgan fingerprint density at radius 1 is 0.742 bits per heavy atom. The first kappa shape index (κ1) is 24.8. The van der Waals surface area contributed by atoms with E-state index in [0.29, 0.717) is 6.61 Å². The van der Waals surface area contributed by atoms with Crippen LogP contribution in [0.3, 0.4) is 0 Å². The van der Waals surface area contributed by atoms with Crippen LogP contribution in [0.15, 0.2) is 91.0 Å². The van der Waals surface area contributed by atoms with Crippen LogP contribution in [0.4, 0.5) is 0 Å². The Balaban J connectivity index is 0.00000341. The summed E-state index contributed by atoms with van der Waals surface area (Å²) in [6.07, 6.45) is 0. The molecule has 0 fully saturated rings. The highest BCUT2D eigenvalue weighted by Gasteiger charge is 2.33. The molecule has 0 saturated carbocycles. The number of benzene rings is 3. The monoisotopic (exact) mass is 481 g/mol. The number of quaternary nitrogens is 1. The largest absolute Gasteiger partial charge is 1.00 e. The molecule has 4 heteroatoms. The van der Waals surface area contributed by atoms with E-state index in [4.69, 9.17) is 4.74 Å². The summed E-state index contributed by atoms with van der Waals surface area (Å²) in [4.78, 5) is 13.4. The Morgan fingerprint density at radius 2 is 1.13 bits per heavy atom. The lowest BCUT2D eigenvalue weighted by Crippen LogP contribution is -3.00. The average molecular weight is 482 g/mol. The van der Waals surface area contributed by atoms with Crippen LogP contribution >= 0.6 is 0 Å². The van der Waals surface area contributed by atoms with Gasteiger partial charge in [-0.3, -0.25) is 4.79 Å². The molecule has 3 aromatic carbocycles. The zero-order valence-electron chi connectivity index (χ0n) is 18.6. The van der Waals surface area contributed by atoms with Crippen molar-refractivity contribution in [3.05, 3.63) is 108 Å². The molecule has 3 rings (SSSR count). The van der Waals surface area contributed by atoms with Crippen molar-refractivity contribution in [1.82, 2.24) is 0 Å². The van der Waals surface area contributed by atoms with Crippen LogP contribution in [0.2, 0.25) is 0 Å². The lowest BCUT2D eigenvalue weighted by atomic mass is 9.91. The smallest absolute Gasteiger partial charge is 0.318 e. The number of carbonyl (C=O) groups excluding carboxylic acids is 1. The molecule has 0 radical (unpaired) electrons. The Morgan fingerprint density at radius 3 is 1.52 bits per heavy atom. The van der Waals surface area contributed by atoms with Gasteiger partial charge < -0.3 is 26.2 Å². The van der Waals surface area contributed by atoms with Gasteiger partial charge >= 0.3 is 5.97 Å². The van der Waals surface area contributed by atoms with Gasteiger partial charge in [-0.15, -0.1) is 0 Å². The number of rotatable bonds is 9. The Labute approximate surface area is 197 Å². The predicted molar refractivity (Wildman–Crippen MR) is 122 cm³/mol. The van der Waals surface area contributed by atoms with Gasteiger partial charge in [0.2, 0.25) is 0 Å². The maximum atomic E-state index is 13.4. The van der Waals surface area contributed by atoms with Crippen molar-refractivity contribution < 1.29 is 31.0 Å². The number of ether oxygens (including phenoxy) is 1. The molecule has 0 aromatic heterocycles. The molecule has 1 unspecified atom stereocenters. The Hall–Kier alpha value is -2.43. The quantitative estimate of drug-likeness (QED) is 0.346. The number of likely N-dealkylation sites (N-methyl/N-ethyl adjacent to an activating group) is 1. The second kappa shape index (κ2) is 11.8. The van der Waals surface area contributed by atoms with Crippen LogP contribution in [0, 0.1) is 0 Å². The van der Waals surface area contributed by atoms with E-state index >= 15 is 0 Å². The number of halogens is 1. The van der Waals surface area contributed by atoms with Crippen molar-refractivity contribution >= 4 is 5.97 Å². The van der Waals surface area contributed by atoms with Gasteiger partial charge in [0.05, 0.1) is 20.1 Å². The van der Waals surface area contributed by atoms with E-state index in [9.17, 15) is 4.79 Å². The first-order valence-corrected chi connectivity index (χ1v) is 10.7. The number of hydrogen-bond acceptors (Lipinski definition) is 2. The zero-order valence-corrected chi connectivity index (χ0v) is 20.2. The molecule has 164 valence electrons. The molecule has 0 amide bonds.